The molecule has 6 heteroatoms. The quantitative estimate of drug-likeness (QED) is 0.682. The van der Waals surface area contributed by atoms with E-state index in [0.717, 1.165) is 29.3 Å². The van der Waals surface area contributed by atoms with Crippen molar-refractivity contribution in [2.45, 2.75) is 6.92 Å². The molecular weight excluding hydrogens is 361 g/mol. The standard InChI is InChI=1S/C21H20FN3OS/c1-15-2-4-16(5-3-15)20-23-19(14-27-20)21(26)25-12-10-24(11-13-25)18-8-6-17(22)7-9-18/h2-9,14H,10-13H2,1H3. The van der Waals surface area contributed by atoms with Gasteiger partial charge in [-0.25, -0.2) is 9.37 Å². The molecule has 4 nitrogen and oxygen atoms in total. The van der Waals surface area contributed by atoms with Crippen LogP contribution in [0.5, 0.6) is 0 Å². The van der Waals surface area contributed by atoms with Crippen molar-refractivity contribution >= 4 is 22.9 Å². The summed E-state index contributed by atoms with van der Waals surface area (Å²) in [6, 6.07) is 14.7. The Morgan fingerprint density at radius 3 is 2.33 bits per heavy atom. The van der Waals surface area contributed by atoms with Gasteiger partial charge in [0, 0.05) is 42.8 Å². The van der Waals surface area contributed by atoms with E-state index in [1.807, 2.05) is 41.5 Å². The first kappa shape index (κ1) is 17.7. The summed E-state index contributed by atoms with van der Waals surface area (Å²) >= 11 is 1.50. The maximum atomic E-state index is 13.1. The molecule has 1 saturated heterocycles. The van der Waals surface area contributed by atoms with Crippen LogP contribution in [-0.2, 0) is 0 Å². The summed E-state index contributed by atoms with van der Waals surface area (Å²) in [7, 11) is 0. The van der Waals surface area contributed by atoms with Gasteiger partial charge in [-0.15, -0.1) is 11.3 Å². The second-order valence-electron chi connectivity index (χ2n) is 6.66. The highest BCUT2D eigenvalue weighted by molar-refractivity contribution is 7.13. The molecule has 0 atom stereocenters. The second-order valence-corrected chi connectivity index (χ2v) is 7.52. The number of hydrogen-bond donors (Lipinski definition) is 0. The minimum Gasteiger partial charge on any atom is -0.368 e. The molecule has 0 spiro atoms. The number of benzene rings is 2. The number of carbonyl (C=O) groups is 1. The Kier molecular flexibility index (Phi) is 4.90. The van der Waals surface area contributed by atoms with Crippen molar-refractivity contribution in [3.05, 3.63) is 71.0 Å². The Balaban J connectivity index is 1.41. The van der Waals surface area contributed by atoms with Gasteiger partial charge < -0.3 is 9.80 Å². The zero-order chi connectivity index (χ0) is 18.8. The number of aryl methyl sites for hydroxylation is 1. The van der Waals surface area contributed by atoms with Crippen molar-refractivity contribution in [3.63, 3.8) is 0 Å². The lowest BCUT2D eigenvalue weighted by Crippen LogP contribution is -2.48. The predicted molar refractivity (Wildman–Crippen MR) is 107 cm³/mol. The molecule has 2 heterocycles. The molecule has 1 aliphatic rings. The molecule has 0 unspecified atom stereocenters. The summed E-state index contributed by atoms with van der Waals surface area (Å²) in [6.45, 7) is 4.77. The maximum Gasteiger partial charge on any atom is 0.273 e. The molecule has 1 amide bonds. The molecule has 1 aliphatic heterocycles. The molecule has 2 aromatic carbocycles. The summed E-state index contributed by atoms with van der Waals surface area (Å²) in [5.41, 5.74) is 3.72. The largest absolute Gasteiger partial charge is 0.368 e. The van der Waals surface area contributed by atoms with Crippen molar-refractivity contribution in [1.29, 1.82) is 0 Å². The van der Waals surface area contributed by atoms with Crippen molar-refractivity contribution in [2.75, 3.05) is 31.1 Å². The summed E-state index contributed by atoms with van der Waals surface area (Å²) in [4.78, 5) is 21.3. The van der Waals surface area contributed by atoms with Crippen LogP contribution in [0.4, 0.5) is 10.1 Å². The third-order valence-corrected chi connectivity index (χ3v) is 5.67. The van der Waals surface area contributed by atoms with Gasteiger partial charge in [0.2, 0.25) is 0 Å². The fraction of sp³-hybridized carbons (Fsp3) is 0.238. The predicted octanol–water partition coefficient (Wildman–Crippen LogP) is 4.22. The first-order valence-electron chi connectivity index (χ1n) is 8.92. The SMILES string of the molecule is Cc1ccc(-c2nc(C(=O)N3CCN(c4ccc(F)cc4)CC3)cs2)cc1. The number of piperazine rings is 1. The number of anilines is 1. The number of amides is 1. The van der Waals surface area contributed by atoms with Gasteiger partial charge in [0.25, 0.3) is 5.91 Å². The molecule has 3 aromatic rings. The molecule has 138 valence electrons. The van der Waals surface area contributed by atoms with E-state index in [0.29, 0.717) is 18.8 Å². The molecule has 27 heavy (non-hydrogen) atoms. The smallest absolute Gasteiger partial charge is 0.273 e. The Hall–Kier alpha value is -2.73. The van der Waals surface area contributed by atoms with E-state index in [9.17, 15) is 9.18 Å². The third-order valence-electron chi connectivity index (χ3n) is 4.78. The van der Waals surface area contributed by atoms with Crippen LogP contribution in [0, 0.1) is 12.7 Å². The maximum absolute atomic E-state index is 13.1. The lowest BCUT2D eigenvalue weighted by Gasteiger charge is -2.35. The average molecular weight is 381 g/mol. The van der Waals surface area contributed by atoms with Crippen molar-refractivity contribution in [3.8, 4) is 10.6 Å². The van der Waals surface area contributed by atoms with Crippen molar-refractivity contribution < 1.29 is 9.18 Å². The zero-order valence-electron chi connectivity index (χ0n) is 15.1. The number of rotatable bonds is 3. The van der Waals surface area contributed by atoms with Gasteiger partial charge in [-0.05, 0) is 31.2 Å². The monoisotopic (exact) mass is 381 g/mol. The van der Waals surface area contributed by atoms with E-state index < -0.39 is 0 Å². The summed E-state index contributed by atoms with van der Waals surface area (Å²) < 4.78 is 13.1. The topological polar surface area (TPSA) is 36.4 Å². The second kappa shape index (κ2) is 7.48. The fourth-order valence-electron chi connectivity index (χ4n) is 3.18. The number of thiazole rings is 1. The normalized spacial score (nSPS) is 14.4. The number of aromatic nitrogens is 1. The number of nitrogens with zero attached hydrogens (tertiary/aromatic N) is 3. The molecular formula is C21H20FN3OS. The fourth-order valence-corrected chi connectivity index (χ4v) is 3.98. The first-order valence-corrected chi connectivity index (χ1v) is 9.80. The number of carbonyl (C=O) groups excluding carboxylic acids is 1. The zero-order valence-corrected chi connectivity index (χ0v) is 15.9. The highest BCUT2D eigenvalue weighted by Crippen LogP contribution is 2.25. The Labute approximate surface area is 161 Å². The van der Waals surface area contributed by atoms with E-state index >= 15 is 0 Å². The molecule has 0 radical (unpaired) electrons. The Morgan fingerprint density at radius 1 is 1.00 bits per heavy atom. The van der Waals surface area contributed by atoms with Crippen LogP contribution in [0.2, 0.25) is 0 Å². The van der Waals surface area contributed by atoms with E-state index in [2.05, 4.69) is 9.88 Å². The minimum atomic E-state index is -0.236. The minimum absolute atomic E-state index is 0.0247. The van der Waals surface area contributed by atoms with E-state index in [4.69, 9.17) is 0 Å². The van der Waals surface area contributed by atoms with E-state index in [-0.39, 0.29) is 11.7 Å². The highest BCUT2D eigenvalue weighted by atomic mass is 32.1. The molecule has 1 aromatic heterocycles. The lowest BCUT2D eigenvalue weighted by atomic mass is 10.2. The molecule has 4 rings (SSSR count). The van der Waals surface area contributed by atoms with Crippen LogP contribution < -0.4 is 4.90 Å². The Morgan fingerprint density at radius 2 is 1.67 bits per heavy atom. The van der Waals surface area contributed by atoms with Gasteiger partial charge in [0.15, 0.2) is 0 Å². The van der Waals surface area contributed by atoms with Crippen LogP contribution in [0.15, 0.2) is 53.9 Å². The van der Waals surface area contributed by atoms with Gasteiger partial charge in [0.1, 0.15) is 16.5 Å². The van der Waals surface area contributed by atoms with Gasteiger partial charge in [-0.1, -0.05) is 29.8 Å². The third kappa shape index (κ3) is 3.85. The van der Waals surface area contributed by atoms with Gasteiger partial charge in [-0.2, -0.15) is 0 Å². The molecule has 0 saturated carbocycles. The average Bonchev–Trinajstić information content (AvgIpc) is 3.19. The van der Waals surface area contributed by atoms with Crippen LogP contribution in [0.1, 0.15) is 16.1 Å². The van der Waals surface area contributed by atoms with Gasteiger partial charge in [-0.3, -0.25) is 4.79 Å². The molecule has 0 aliphatic carbocycles. The van der Waals surface area contributed by atoms with Gasteiger partial charge in [0.05, 0.1) is 0 Å². The summed E-state index contributed by atoms with van der Waals surface area (Å²) in [6.07, 6.45) is 0. The van der Waals surface area contributed by atoms with Gasteiger partial charge >= 0.3 is 0 Å². The number of hydrogen-bond acceptors (Lipinski definition) is 4. The van der Waals surface area contributed by atoms with Crippen LogP contribution in [0.3, 0.4) is 0 Å². The van der Waals surface area contributed by atoms with Crippen molar-refractivity contribution in [1.82, 2.24) is 9.88 Å². The molecule has 0 bridgehead atoms. The van der Waals surface area contributed by atoms with Crippen LogP contribution in [0.25, 0.3) is 10.6 Å². The lowest BCUT2D eigenvalue weighted by molar-refractivity contribution is 0.0742. The van der Waals surface area contributed by atoms with E-state index in [1.165, 1.54) is 29.0 Å². The highest BCUT2D eigenvalue weighted by Gasteiger charge is 2.24. The van der Waals surface area contributed by atoms with Crippen molar-refractivity contribution in [2.24, 2.45) is 0 Å². The van der Waals surface area contributed by atoms with Crippen LogP contribution in [-0.4, -0.2) is 42.0 Å². The Bertz CT molecular complexity index is 929. The first-order chi connectivity index (χ1) is 13.1. The van der Waals surface area contributed by atoms with E-state index in [1.54, 1.807) is 12.1 Å². The molecule has 1 fully saturated rings. The number of halogens is 1. The van der Waals surface area contributed by atoms with Crippen LogP contribution >= 0.6 is 11.3 Å². The summed E-state index contributed by atoms with van der Waals surface area (Å²) in [5.74, 6) is -0.260. The molecule has 0 N–H and O–H groups in total. The summed E-state index contributed by atoms with van der Waals surface area (Å²) in [5, 5.41) is 2.70.